The predicted octanol–water partition coefficient (Wildman–Crippen LogP) is 2.31. The number of carbonyl (C=O) groups is 1. The summed E-state index contributed by atoms with van der Waals surface area (Å²) in [5, 5.41) is 2.84. The van der Waals surface area contributed by atoms with Gasteiger partial charge < -0.3 is 5.32 Å². The SMILES string of the molecule is CNC(C)C(=O)Cc1cc(Br)ccc1F. The van der Waals surface area contributed by atoms with E-state index in [0.29, 0.717) is 5.56 Å². The molecule has 82 valence electrons. The molecule has 4 heteroatoms. The molecular weight excluding hydrogens is 261 g/mol. The quantitative estimate of drug-likeness (QED) is 0.912. The smallest absolute Gasteiger partial charge is 0.153 e. The number of hydrogen-bond donors (Lipinski definition) is 1. The highest BCUT2D eigenvalue weighted by Crippen LogP contribution is 2.16. The van der Waals surface area contributed by atoms with Gasteiger partial charge in [-0.3, -0.25) is 4.79 Å². The van der Waals surface area contributed by atoms with Crippen LogP contribution in [0.4, 0.5) is 4.39 Å². The lowest BCUT2D eigenvalue weighted by molar-refractivity contribution is -0.119. The van der Waals surface area contributed by atoms with E-state index in [-0.39, 0.29) is 24.1 Å². The fraction of sp³-hybridized carbons (Fsp3) is 0.364. The molecule has 0 saturated heterocycles. The van der Waals surface area contributed by atoms with Crippen LogP contribution in [-0.2, 0) is 11.2 Å². The molecule has 0 aromatic heterocycles. The second-order valence-electron chi connectivity index (χ2n) is 3.39. The molecule has 0 aliphatic rings. The molecule has 0 saturated carbocycles. The Labute approximate surface area is 97.0 Å². The number of Topliss-reactive ketones (excluding diaryl/α,β-unsaturated/α-hetero) is 1. The fourth-order valence-corrected chi connectivity index (χ4v) is 1.59. The number of halogens is 2. The Balaban J connectivity index is 2.80. The number of rotatable bonds is 4. The van der Waals surface area contributed by atoms with E-state index in [9.17, 15) is 9.18 Å². The minimum atomic E-state index is -0.338. The summed E-state index contributed by atoms with van der Waals surface area (Å²) in [6.07, 6.45) is 0.118. The van der Waals surface area contributed by atoms with Crippen LogP contribution in [0.5, 0.6) is 0 Å². The van der Waals surface area contributed by atoms with Crippen LogP contribution in [0.2, 0.25) is 0 Å². The van der Waals surface area contributed by atoms with Gasteiger partial charge in [0.2, 0.25) is 0 Å². The molecule has 0 aliphatic carbocycles. The highest BCUT2D eigenvalue weighted by Gasteiger charge is 2.13. The van der Waals surface area contributed by atoms with Crippen LogP contribution in [0.1, 0.15) is 12.5 Å². The minimum absolute atomic E-state index is 0.0190. The van der Waals surface area contributed by atoms with Crippen LogP contribution in [0.3, 0.4) is 0 Å². The first-order chi connectivity index (χ1) is 7.04. The van der Waals surface area contributed by atoms with E-state index in [1.54, 1.807) is 26.1 Å². The summed E-state index contributed by atoms with van der Waals surface area (Å²) in [7, 11) is 1.71. The van der Waals surface area contributed by atoms with Crippen LogP contribution in [-0.4, -0.2) is 18.9 Å². The zero-order valence-electron chi connectivity index (χ0n) is 8.68. The van der Waals surface area contributed by atoms with Crippen molar-refractivity contribution in [3.05, 3.63) is 34.1 Å². The average molecular weight is 274 g/mol. The maximum Gasteiger partial charge on any atom is 0.153 e. The number of benzene rings is 1. The summed E-state index contributed by atoms with van der Waals surface area (Å²) in [6.45, 7) is 1.76. The van der Waals surface area contributed by atoms with Gasteiger partial charge in [-0.05, 0) is 37.7 Å². The Morgan fingerprint density at radius 1 is 1.60 bits per heavy atom. The van der Waals surface area contributed by atoms with E-state index < -0.39 is 0 Å². The van der Waals surface area contributed by atoms with Gasteiger partial charge in [0.1, 0.15) is 5.82 Å². The molecule has 2 nitrogen and oxygen atoms in total. The molecule has 15 heavy (non-hydrogen) atoms. The van der Waals surface area contributed by atoms with E-state index in [1.807, 2.05) is 0 Å². The molecule has 0 heterocycles. The molecule has 1 unspecified atom stereocenters. The van der Waals surface area contributed by atoms with Gasteiger partial charge in [0.25, 0.3) is 0 Å². The van der Waals surface area contributed by atoms with Gasteiger partial charge in [-0.1, -0.05) is 15.9 Å². The van der Waals surface area contributed by atoms with Crippen LogP contribution in [0, 0.1) is 5.82 Å². The van der Waals surface area contributed by atoms with Crippen molar-refractivity contribution in [2.45, 2.75) is 19.4 Å². The summed E-state index contributed by atoms with van der Waals surface area (Å²) in [5.74, 6) is -0.357. The summed E-state index contributed by atoms with van der Waals surface area (Å²) < 4.78 is 14.1. The summed E-state index contributed by atoms with van der Waals surface area (Å²) in [5.41, 5.74) is 0.427. The van der Waals surface area contributed by atoms with Crippen LogP contribution < -0.4 is 5.32 Å². The third-order valence-corrected chi connectivity index (χ3v) is 2.78. The standard InChI is InChI=1S/C11H13BrFNO/c1-7(14-2)11(15)6-8-5-9(12)3-4-10(8)13/h3-5,7,14H,6H2,1-2H3. The number of ketones is 1. The zero-order valence-corrected chi connectivity index (χ0v) is 10.3. The van der Waals surface area contributed by atoms with Crippen molar-refractivity contribution >= 4 is 21.7 Å². The Bertz CT molecular complexity index is 368. The lowest BCUT2D eigenvalue weighted by atomic mass is 10.0. The molecule has 0 aliphatic heterocycles. The Morgan fingerprint density at radius 2 is 2.27 bits per heavy atom. The Kier molecular flexibility index (Phi) is 4.42. The van der Waals surface area contributed by atoms with E-state index in [4.69, 9.17) is 0 Å². The molecule has 1 aromatic carbocycles. The van der Waals surface area contributed by atoms with Crippen molar-refractivity contribution in [2.75, 3.05) is 7.05 Å². The number of nitrogens with one attached hydrogen (secondary N) is 1. The highest BCUT2D eigenvalue weighted by atomic mass is 79.9. The fourth-order valence-electron chi connectivity index (χ4n) is 1.18. The number of carbonyl (C=O) groups excluding carboxylic acids is 1. The van der Waals surface area contributed by atoms with Gasteiger partial charge in [-0.25, -0.2) is 4.39 Å². The first-order valence-corrected chi connectivity index (χ1v) is 5.47. The van der Waals surface area contributed by atoms with Crippen LogP contribution >= 0.6 is 15.9 Å². The topological polar surface area (TPSA) is 29.1 Å². The van der Waals surface area contributed by atoms with Crippen molar-refractivity contribution in [3.63, 3.8) is 0 Å². The molecule has 0 amide bonds. The van der Waals surface area contributed by atoms with E-state index in [0.717, 1.165) is 4.47 Å². The van der Waals surface area contributed by atoms with Crippen molar-refractivity contribution in [1.29, 1.82) is 0 Å². The van der Waals surface area contributed by atoms with Gasteiger partial charge >= 0.3 is 0 Å². The molecule has 1 aromatic rings. The largest absolute Gasteiger partial charge is 0.311 e. The summed E-state index contributed by atoms with van der Waals surface area (Å²) in [4.78, 5) is 11.6. The summed E-state index contributed by atoms with van der Waals surface area (Å²) >= 11 is 3.25. The maximum absolute atomic E-state index is 13.3. The lowest BCUT2D eigenvalue weighted by Crippen LogP contribution is -2.32. The first kappa shape index (κ1) is 12.3. The molecule has 1 N–H and O–H groups in total. The number of likely N-dealkylation sites (N-methyl/N-ethyl adjacent to an activating group) is 1. The monoisotopic (exact) mass is 273 g/mol. The normalized spacial score (nSPS) is 12.5. The molecule has 1 atom stereocenters. The zero-order chi connectivity index (χ0) is 11.4. The Hall–Kier alpha value is -0.740. The third kappa shape index (κ3) is 3.39. The maximum atomic E-state index is 13.3. The third-order valence-electron chi connectivity index (χ3n) is 2.29. The van der Waals surface area contributed by atoms with E-state index in [1.165, 1.54) is 6.07 Å². The Morgan fingerprint density at radius 3 is 2.87 bits per heavy atom. The molecule has 0 fully saturated rings. The molecule has 0 spiro atoms. The highest BCUT2D eigenvalue weighted by molar-refractivity contribution is 9.10. The summed E-state index contributed by atoms with van der Waals surface area (Å²) in [6, 6.07) is 4.36. The minimum Gasteiger partial charge on any atom is -0.311 e. The predicted molar refractivity (Wildman–Crippen MR) is 61.3 cm³/mol. The van der Waals surface area contributed by atoms with Gasteiger partial charge in [-0.2, -0.15) is 0 Å². The number of hydrogen-bond acceptors (Lipinski definition) is 2. The first-order valence-electron chi connectivity index (χ1n) is 4.68. The van der Waals surface area contributed by atoms with Crippen molar-refractivity contribution in [1.82, 2.24) is 5.32 Å². The molecule has 0 bridgehead atoms. The molecular formula is C11H13BrFNO. The van der Waals surface area contributed by atoms with Gasteiger partial charge in [-0.15, -0.1) is 0 Å². The van der Waals surface area contributed by atoms with Crippen LogP contribution in [0.25, 0.3) is 0 Å². The van der Waals surface area contributed by atoms with Crippen molar-refractivity contribution in [2.24, 2.45) is 0 Å². The van der Waals surface area contributed by atoms with Crippen LogP contribution in [0.15, 0.2) is 22.7 Å². The van der Waals surface area contributed by atoms with Gasteiger partial charge in [0, 0.05) is 10.9 Å². The average Bonchev–Trinajstić information content (AvgIpc) is 2.22. The lowest BCUT2D eigenvalue weighted by Gasteiger charge is -2.09. The molecule has 0 radical (unpaired) electrons. The second kappa shape index (κ2) is 5.37. The van der Waals surface area contributed by atoms with E-state index in [2.05, 4.69) is 21.2 Å². The van der Waals surface area contributed by atoms with Gasteiger partial charge in [0.05, 0.1) is 6.04 Å². The second-order valence-corrected chi connectivity index (χ2v) is 4.30. The van der Waals surface area contributed by atoms with Crippen molar-refractivity contribution in [3.8, 4) is 0 Å². The van der Waals surface area contributed by atoms with E-state index >= 15 is 0 Å². The van der Waals surface area contributed by atoms with Crippen molar-refractivity contribution < 1.29 is 9.18 Å². The molecule has 1 rings (SSSR count). The van der Waals surface area contributed by atoms with Gasteiger partial charge in [0.15, 0.2) is 5.78 Å².